The highest BCUT2D eigenvalue weighted by atomic mass is 33.1. The van der Waals surface area contributed by atoms with Crippen molar-refractivity contribution in [2.24, 2.45) is 5.92 Å². The van der Waals surface area contributed by atoms with Crippen molar-refractivity contribution in [2.45, 2.75) is 50.7 Å². The summed E-state index contributed by atoms with van der Waals surface area (Å²) in [5.41, 5.74) is -0.486. The molecular formula is C19H31N3O5S2. The molecule has 3 fully saturated rings. The number of amides is 2. The molecule has 10 heteroatoms. The van der Waals surface area contributed by atoms with E-state index >= 15 is 0 Å². The highest BCUT2D eigenvalue weighted by Crippen LogP contribution is 2.27. The van der Waals surface area contributed by atoms with Crippen molar-refractivity contribution >= 4 is 39.4 Å². The van der Waals surface area contributed by atoms with Crippen molar-refractivity contribution in [2.75, 3.05) is 44.4 Å². The molecular weight excluding hydrogens is 414 g/mol. The van der Waals surface area contributed by atoms with Gasteiger partial charge in [0.25, 0.3) is 0 Å². The number of carbonyl (C=O) groups excluding carboxylic acids is 3. The zero-order chi connectivity index (χ0) is 20.9. The maximum Gasteiger partial charge on any atom is 0.324 e. The lowest BCUT2D eigenvalue weighted by Crippen LogP contribution is -2.70. The molecule has 0 bridgehead atoms. The number of ether oxygens (including phenoxy) is 2. The van der Waals surface area contributed by atoms with Gasteiger partial charge in [0.1, 0.15) is 12.1 Å². The predicted molar refractivity (Wildman–Crippen MR) is 114 cm³/mol. The summed E-state index contributed by atoms with van der Waals surface area (Å²) in [4.78, 5) is 39.7. The van der Waals surface area contributed by atoms with Crippen molar-refractivity contribution < 1.29 is 23.9 Å². The summed E-state index contributed by atoms with van der Waals surface area (Å²) in [6, 6.07) is -0.887. The van der Waals surface area contributed by atoms with Gasteiger partial charge in [-0.15, -0.1) is 0 Å². The van der Waals surface area contributed by atoms with E-state index in [0.717, 1.165) is 6.42 Å². The first kappa shape index (κ1) is 22.7. The minimum atomic E-state index is -0.492. The zero-order valence-electron chi connectivity index (χ0n) is 17.1. The molecule has 3 saturated heterocycles. The zero-order valence-corrected chi connectivity index (χ0v) is 18.7. The highest BCUT2D eigenvalue weighted by Gasteiger charge is 2.43. The molecule has 2 N–H and O–H groups in total. The Morgan fingerprint density at radius 3 is 2.83 bits per heavy atom. The summed E-state index contributed by atoms with van der Waals surface area (Å²) < 4.78 is 10.9. The Bertz CT molecular complexity index is 615. The van der Waals surface area contributed by atoms with E-state index in [1.54, 1.807) is 26.5 Å². The molecule has 0 unspecified atom stereocenters. The van der Waals surface area contributed by atoms with Crippen molar-refractivity contribution in [1.29, 1.82) is 0 Å². The predicted octanol–water partition coefficient (Wildman–Crippen LogP) is 0.805. The number of nitrogens with zero attached hydrogens (tertiary/aromatic N) is 1. The van der Waals surface area contributed by atoms with Gasteiger partial charge < -0.3 is 19.7 Å². The Balaban J connectivity index is 1.69. The van der Waals surface area contributed by atoms with E-state index in [1.165, 1.54) is 0 Å². The van der Waals surface area contributed by atoms with Crippen LogP contribution in [0.1, 0.15) is 33.1 Å². The lowest BCUT2D eigenvalue weighted by Gasteiger charge is -2.44. The minimum absolute atomic E-state index is 0.0283. The molecule has 0 aromatic heterocycles. The summed E-state index contributed by atoms with van der Waals surface area (Å²) in [6.45, 7) is 6.22. The first-order valence-corrected chi connectivity index (χ1v) is 12.7. The quantitative estimate of drug-likeness (QED) is 0.487. The third kappa shape index (κ3) is 6.02. The highest BCUT2D eigenvalue weighted by molar-refractivity contribution is 8.76. The second kappa shape index (κ2) is 10.4. The van der Waals surface area contributed by atoms with Crippen LogP contribution in [0.4, 0.5) is 0 Å². The third-order valence-electron chi connectivity index (χ3n) is 5.27. The molecule has 3 aliphatic rings. The second-order valence-electron chi connectivity index (χ2n) is 8.31. The third-order valence-corrected chi connectivity index (χ3v) is 7.69. The van der Waals surface area contributed by atoms with Crippen LogP contribution in [0.2, 0.25) is 0 Å². The Morgan fingerprint density at radius 1 is 1.34 bits per heavy atom. The lowest BCUT2D eigenvalue weighted by molar-refractivity contribution is -0.150. The average molecular weight is 446 g/mol. The Morgan fingerprint density at radius 2 is 2.14 bits per heavy atom. The monoisotopic (exact) mass is 445 g/mol. The van der Waals surface area contributed by atoms with Gasteiger partial charge >= 0.3 is 5.97 Å². The summed E-state index contributed by atoms with van der Waals surface area (Å²) in [6.07, 6.45) is 1.94. The minimum Gasteiger partial charge on any atom is -0.464 e. The molecule has 2 amide bonds. The van der Waals surface area contributed by atoms with Crippen LogP contribution in [0, 0.1) is 5.92 Å². The molecule has 1 spiro atoms. The Labute approximate surface area is 180 Å². The van der Waals surface area contributed by atoms with Crippen LogP contribution in [0.3, 0.4) is 0 Å². The molecule has 0 aromatic carbocycles. The summed E-state index contributed by atoms with van der Waals surface area (Å²) >= 11 is 0. The molecule has 2 atom stereocenters. The first-order chi connectivity index (χ1) is 13.9. The van der Waals surface area contributed by atoms with Gasteiger partial charge in [0.15, 0.2) is 0 Å². The Kier molecular flexibility index (Phi) is 8.12. The van der Waals surface area contributed by atoms with Gasteiger partial charge in [0.2, 0.25) is 11.8 Å². The van der Waals surface area contributed by atoms with E-state index in [1.807, 2.05) is 13.8 Å². The van der Waals surface area contributed by atoms with Gasteiger partial charge in [-0.3, -0.25) is 19.7 Å². The lowest BCUT2D eigenvalue weighted by atomic mass is 9.95. The van der Waals surface area contributed by atoms with Crippen molar-refractivity contribution in [3.63, 3.8) is 0 Å². The molecule has 29 heavy (non-hydrogen) atoms. The van der Waals surface area contributed by atoms with Gasteiger partial charge in [0, 0.05) is 31.0 Å². The summed E-state index contributed by atoms with van der Waals surface area (Å²) in [5.74, 6) is 1.06. The van der Waals surface area contributed by atoms with Crippen molar-refractivity contribution in [3.05, 3.63) is 0 Å². The SMILES string of the molecule is CC(C)COC(=O)[C@@H]1CSSCCC(=O)N2CCC[C@H]2C(=O)NCC2(COC2)N1. The normalized spacial score (nSPS) is 28.4. The van der Waals surface area contributed by atoms with E-state index in [2.05, 4.69) is 10.6 Å². The molecule has 0 radical (unpaired) electrons. The number of esters is 1. The van der Waals surface area contributed by atoms with Gasteiger partial charge in [-0.25, -0.2) is 0 Å². The number of hydrogen-bond donors (Lipinski definition) is 2. The van der Waals surface area contributed by atoms with E-state index in [4.69, 9.17) is 9.47 Å². The summed E-state index contributed by atoms with van der Waals surface area (Å²) in [7, 11) is 3.15. The van der Waals surface area contributed by atoms with Crippen LogP contribution in [-0.4, -0.2) is 84.7 Å². The topological polar surface area (TPSA) is 97.0 Å². The van der Waals surface area contributed by atoms with E-state index < -0.39 is 17.6 Å². The maximum absolute atomic E-state index is 12.8. The maximum atomic E-state index is 12.8. The van der Waals surface area contributed by atoms with Gasteiger partial charge in [-0.05, 0) is 18.8 Å². The van der Waals surface area contributed by atoms with Gasteiger partial charge in [0.05, 0.1) is 25.4 Å². The van der Waals surface area contributed by atoms with Crippen LogP contribution in [-0.2, 0) is 23.9 Å². The number of nitrogens with one attached hydrogen (secondary N) is 2. The largest absolute Gasteiger partial charge is 0.464 e. The van der Waals surface area contributed by atoms with Crippen LogP contribution in [0.15, 0.2) is 0 Å². The fraction of sp³-hybridized carbons (Fsp3) is 0.842. The van der Waals surface area contributed by atoms with Crippen molar-refractivity contribution in [1.82, 2.24) is 15.5 Å². The van der Waals surface area contributed by atoms with Gasteiger partial charge in [-0.1, -0.05) is 35.4 Å². The molecule has 0 aromatic rings. The fourth-order valence-electron chi connectivity index (χ4n) is 3.63. The van der Waals surface area contributed by atoms with Crippen LogP contribution in [0.25, 0.3) is 0 Å². The number of carbonyl (C=O) groups is 3. The first-order valence-electron chi connectivity index (χ1n) is 10.2. The van der Waals surface area contributed by atoms with Crippen molar-refractivity contribution in [3.8, 4) is 0 Å². The molecule has 0 aliphatic carbocycles. The molecule has 0 saturated carbocycles. The van der Waals surface area contributed by atoms with Crippen LogP contribution >= 0.6 is 21.6 Å². The number of hydrogen-bond acceptors (Lipinski definition) is 8. The second-order valence-corrected chi connectivity index (χ2v) is 10.9. The molecule has 3 heterocycles. The smallest absolute Gasteiger partial charge is 0.324 e. The number of rotatable bonds is 3. The van der Waals surface area contributed by atoms with Crippen LogP contribution < -0.4 is 10.6 Å². The van der Waals surface area contributed by atoms with E-state index in [-0.39, 0.29) is 23.7 Å². The molecule has 164 valence electrons. The molecule has 8 nitrogen and oxygen atoms in total. The standard InChI is InChI=1S/C19H31N3O5S2/c1-13(2)8-27-18(25)14-9-29-28-7-5-16(23)22-6-3-4-15(22)17(24)20-10-19(21-14)11-26-12-19/h13-15,21H,3-12H2,1-2H3,(H,20,24)/t14-,15-/m0/s1. The molecule has 3 aliphatic heterocycles. The van der Waals surface area contributed by atoms with E-state index in [0.29, 0.717) is 57.3 Å². The molecule has 3 rings (SSSR count). The van der Waals surface area contributed by atoms with E-state index in [9.17, 15) is 14.4 Å². The summed E-state index contributed by atoms with van der Waals surface area (Å²) in [5, 5.41) is 6.40. The van der Waals surface area contributed by atoms with Gasteiger partial charge in [-0.2, -0.15) is 0 Å². The average Bonchev–Trinajstić information content (AvgIpc) is 3.15. The fourth-order valence-corrected chi connectivity index (χ4v) is 5.76. The van der Waals surface area contributed by atoms with Crippen LogP contribution in [0.5, 0.6) is 0 Å². The Hall–Kier alpha value is -0.970. The number of fused-ring (bicyclic) bond motifs is 1.